The summed E-state index contributed by atoms with van der Waals surface area (Å²) in [5, 5.41) is 2.49. The first-order valence-electron chi connectivity index (χ1n) is 6.74. The highest BCUT2D eigenvalue weighted by molar-refractivity contribution is 5.67. The molecule has 2 rings (SSSR count). The van der Waals surface area contributed by atoms with Crippen molar-refractivity contribution in [1.29, 1.82) is 0 Å². The maximum Gasteiger partial charge on any atom is 0.459 e. The van der Waals surface area contributed by atoms with E-state index in [1.165, 1.54) is 0 Å². The summed E-state index contributed by atoms with van der Waals surface area (Å²) in [7, 11) is 0. The van der Waals surface area contributed by atoms with Crippen molar-refractivity contribution in [3.05, 3.63) is 35.9 Å². The number of halogens is 3. The summed E-state index contributed by atoms with van der Waals surface area (Å²) in [5.74, 6) is 0. The lowest BCUT2D eigenvalue weighted by Crippen LogP contribution is -2.52. The molecule has 0 spiro atoms. The Labute approximate surface area is 120 Å². The Morgan fingerprint density at radius 3 is 2.71 bits per heavy atom. The van der Waals surface area contributed by atoms with E-state index in [1.807, 2.05) is 18.2 Å². The normalized spacial score (nSPS) is 20.0. The van der Waals surface area contributed by atoms with E-state index in [4.69, 9.17) is 4.74 Å². The van der Waals surface area contributed by atoms with Crippen LogP contribution in [0.5, 0.6) is 0 Å². The molecule has 1 amide bonds. The van der Waals surface area contributed by atoms with Crippen LogP contribution in [0.15, 0.2) is 30.3 Å². The number of carbonyl (C=O) groups excluding carboxylic acids is 1. The standard InChI is InChI=1S/C14H17F3N2O2/c15-14(16,17)19-8-4-7-12(9-19)18-13(20)21-10-11-5-2-1-3-6-11/h1-3,5-6,12H,4,7-10H2,(H,18,20). The van der Waals surface area contributed by atoms with Crippen molar-refractivity contribution in [2.75, 3.05) is 13.1 Å². The number of carbonyl (C=O) groups is 1. The minimum absolute atomic E-state index is 0.0270. The first-order chi connectivity index (χ1) is 9.95. The van der Waals surface area contributed by atoms with Crippen LogP contribution in [0.1, 0.15) is 18.4 Å². The number of alkyl halides is 3. The first kappa shape index (κ1) is 15.6. The molecule has 1 unspecified atom stereocenters. The maximum atomic E-state index is 12.6. The number of alkyl carbamates (subject to hydrolysis) is 1. The molecule has 1 saturated heterocycles. The van der Waals surface area contributed by atoms with Gasteiger partial charge < -0.3 is 10.1 Å². The van der Waals surface area contributed by atoms with E-state index in [1.54, 1.807) is 12.1 Å². The van der Waals surface area contributed by atoms with E-state index in [0.29, 0.717) is 17.7 Å². The predicted octanol–water partition coefficient (Wildman–Crippen LogP) is 2.90. The average Bonchev–Trinajstić information content (AvgIpc) is 2.46. The van der Waals surface area contributed by atoms with Gasteiger partial charge in [-0.3, -0.25) is 0 Å². The van der Waals surface area contributed by atoms with Gasteiger partial charge in [-0.05, 0) is 18.4 Å². The highest BCUT2D eigenvalue weighted by atomic mass is 19.4. The molecule has 0 bridgehead atoms. The lowest BCUT2D eigenvalue weighted by atomic mass is 10.1. The van der Waals surface area contributed by atoms with E-state index in [-0.39, 0.29) is 19.7 Å². The fraction of sp³-hybridized carbons (Fsp3) is 0.500. The van der Waals surface area contributed by atoms with Crippen LogP contribution in [-0.2, 0) is 11.3 Å². The van der Waals surface area contributed by atoms with Crippen molar-refractivity contribution in [2.24, 2.45) is 0 Å². The molecule has 1 heterocycles. The van der Waals surface area contributed by atoms with Gasteiger partial charge in [-0.15, -0.1) is 0 Å². The Morgan fingerprint density at radius 1 is 1.33 bits per heavy atom. The van der Waals surface area contributed by atoms with Crippen LogP contribution in [0.3, 0.4) is 0 Å². The van der Waals surface area contributed by atoms with E-state index in [0.717, 1.165) is 5.56 Å². The second-order valence-corrected chi connectivity index (χ2v) is 4.96. The van der Waals surface area contributed by atoms with Crippen molar-refractivity contribution in [3.8, 4) is 0 Å². The summed E-state index contributed by atoms with van der Waals surface area (Å²) in [6.45, 7) is -0.160. The molecule has 1 atom stereocenters. The van der Waals surface area contributed by atoms with E-state index >= 15 is 0 Å². The minimum Gasteiger partial charge on any atom is -0.445 e. The van der Waals surface area contributed by atoms with Crippen LogP contribution in [0, 0.1) is 0 Å². The zero-order chi connectivity index (χ0) is 15.3. The van der Waals surface area contributed by atoms with Gasteiger partial charge in [-0.2, -0.15) is 13.2 Å². The van der Waals surface area contributed by atoms with Crippen LogP contribution < -0.4 is 5.32 Å². The molecule has 0 aromatic heterocycles. The quantitative estimate of drug-likeness (QED) is 0.873. The summed E-state index contributed by atoms with van der Waals surface area (Å²) < 4.78 is 42.8. The van der Waals surface area contributed by atoms with Crippen LogP contribution in [-0.4, -0.2) is 36.4 Å². The van der Waals surface area contributed by atoms with Crippen molar-refractivity contribution >= 4 is 6.09 Å². The molecule has 4 nitrogen and oxygen atoms in total. The van der Waals surface area contributed by atoms with Gasteiger partial charge in [0.15, 0.2) is 0 Å². The molecule has 0 saturated carbocycles. The predicted molar refractivity (Wildman–Crippen MR) is 70.4 cm³/mol. The van der Waals surface area contributed by atoms with Crippen molar-refractivity contribution in [3.63, 3.8) is 0 Å². The Morgan fingerprint density at radius 2 is 2.05 bits per heavy atom. The third-order valence-electron chi connectivity index (χ3n) is 3.31. The van der Waals surface area contributed by atoms with Gasteiger partial charge in [0.1, 0.15) is 6.61 Å². The monoisotopic (exact) mass is 302 g/mol. The van der Waals surface area contributed by atoms with Crippen molar-refractivity contribution in [1.82, 2.24) is 10.2 Å². The van der Waals surface area contributed by atoms with Gasteiger partial charge >= 0.3 is 12.4 Å². The number of benzene rings is 1. The van der Waals surface area contributed by atoms with Crippen LogP contribution in [0.4, 0.5) is 18.0 Å². The average molecular weight is 302 g/mol. The van der Waals surface area contributed by atoms with Gasteiger partial charge in [-0.25, -0.2) is 9.69 Å². The lowest BCUT2D eigenvalue weighted by Gasteiger charge is -2.33. The number of nitrogens with zero attached hydrogens (tertiary/aromatic N) is 1. The van der Waals surface area contributed by atoms with Crippen molar-refractivity contribution in [2.45, 2.75) is 31.8 Å². The number of ether oxygens (including phenoxy) is 1. The first-order valence-corrected chi connectivity index (χ1v) is 6.74. The third-order valence-corrected chi connectivity index (χ3v) is 3.31. The fourth-order valence-corrected chi connectivity index (χ4v) is 2.26. The summed E-state index contributed by atoms with van der Waals surface area (Å²) in [5.41, 5.74) is 0.827. The molecule has 1 aliphatic rings. The van der Waals surface area contributed by atoms with E-state index in [2.05, 4.69) is 5.32 Å². The SMILES string of the molecule is O=C(NC1CCCN(C(F)(F)F)C1)OCc1ccccc1. The van der Waals surface area contributed by atoms with Gasteiger partial charge in [0, 0.05) is 19.1 Å². The molecule has 1 N–H and O–H groups in total. The molecule has 1 aromatic carbocycles. The zero-order valence-electron chi connectivity index (χ0n) is 11.4. The molecular weight excluding hydrogens is 285 g/mol. The summed E-state index contributed by atoms with van der Waals surface area (Å²) >= 11 is 0. The van der Waals surface area contributed by atoms with E-state index < -0.39 is 18.4 Å². The highest BCUT2D eigenvalue weighted by Crippen LogP contribution is 2.25. The minimum atomic E-state index is -4.35. The second kappa shape index (κ2) is 6.80. The molecule has 1 aliphatic heterocycles. The Bertz CT molecular complexity index is 465. The van der Waals surface area contributed by atoms with Crippen LogP contribution >= 0.6 is 0 Å². The van der Waals surface area contributed by atoms with Crippen molar-refractivity contribution < 1.29 is 22.7 Å². The number of hydrogen-bond acceptors (Lipinski definition) is 3. The lowest BCUT2D eigenvalue weighted by molar-refractivity contribution is -0.251. The molecule has 116 valence electrons. The Kier molecular flexibility index (Phi) is 5.06. The van der Waals surface area contributed by atoms with Gasteiger partial charge in [0.25, 0.3) is 0 Å². The Hall–Kier alpha value is -1.76. The maximum absolute atomic E-state index is 12.6. The zero-order valence-corrected chi connectivity index (χ0v) is 11.4. The topological polar surface area (TPSA) is 41.6 Å². The second-order valence-electron chi connectivity index (χ2n) is 4.96. The fourth-order valence-electron chi connectivity index (χ4n) is 2.26. The summed E-state index contributed by atoms with van der Waals surface area (Å²) in [6.07, 6.45) is -4.13. The highest BCUT2D eigenvalue weighted by Gasteiger charge is 2.40. The number of hydrogen-bond donors (Lipinski definition) is 1. The molecule has 1 fully saturated rings. The van der Waals surface area contributed by atoms with Gasteiger partial charge in [0.2, 0.25) is 0 Å². The molecular formula is C14H17F3N2O2. The number of amides is 1. The van der Waals surface area contributed by atoms with Crippen LogP contribution in [0.25, 0.3) is 0 Å². The van der Waals surface area contributed by atoms with E-state index in [9.17, 15) is 18.0 Å². The number of nitrogens with one attached hydrogen (secondary N) is 1. The van der Waals surface area contributed by atoms with Crippen LogP contribution in [0.2, 0.25) is 0 Å². The number of rotatable bonds is 3. The molecule has 0 aliphatic carbocycles. The number of likely N-dealkylation sites (tertiary alicyclic amines) is 1. The smallest absolute Gasteiger partial charge is 0.445 e. The summed E-state index contributed by atoms with van der Waals surface area (Å²) in [6, 6.07) is 8.55. The molecule has 1 aromatic rings. The largest absolute Gasteiger partial charge is 0.459 e. The molecule has 21 heavy (non-hydrogen) atoms. The summed E-state index contributed by atoms with van der Waals surface area (Å²) in [4.78, 5) is 12.0. The van der Waals surface area contributed by atoms with Gasteiger partial charge in [-0.1, -0.05) is 30.3 Å². The Balaban J connectivity index is 1.77. The molecule has 0 radical (unpaired) electrons. The number of piperidine rings is 1. The third kappa shape index (κ3) is 4.93. The molecule has 7 heteroatoms. The van der Waals surface area contributed by atoms with Gasteiger partial charge in [0.05, 0.1) is 0 Å².